The lowest BCUT2D eigenvalue weighted by atomic mass is 9.99. The van der Waals surface area contributed by atoms with Crippen LogP contribution in [0, 0.1) is 19.8 Å². The van der Waals surface area contributed by atoms with E-state index in [0.717, 1.165) is 29.7 Å². The number of ether oxygens (including phenoxy) is 2. The number of rotatable bonds is 6. The Kier molecular flexibility index (Phi) is 4.52. The van der Waals surface area contributed by atoms with E-state index < -0.39 is 5.60 Å². The second kappa shape index (κ2) is 6.02. The fraction of sp³-hybridized carbons (Fsp3) is 0.625. The highest BCUT2D eigenvalue weighted by molar-refractivity contribution is 5.85. The van der Waals surface area contributed by atoms with Gasteiger partial charge in [-0.05, 0) is 51.2 Å². The molecule has 0 aromatic carbocycles. The third kappa shape index (κ3) is 3.18. The molecular formula is C16H24N2O3. The maximum atomic E-state index is 12.4. The summed E-state index contributed by atoms with van der Waals surface area (Å²) < 4.78 is 10.8. The van der Waals surface area contributed by atoms with Gasteiger partial charge in [-0.3, -0.25) is 4.79 Å². The number of hydrogen-bond acceptors (Lipinski definition) is 4. The van der Waals surface area contributed by atoms with Crippen LogP contribution in [-0.4, -0.2) is 30.7 Å². The first-order valence-corrected chi connectivity index (χ1v) is 7.27. The van der Waals surface area contributed by atoms with Gasteiger partial charge in [-0.15, -0.1) is 0 Å². The van der Waals surface area contributed by atoms with Crippen molar-refractivity contribution >= 4 is 5.91 Å². The zero-order valence-corrected chi connectivity index (χ0v) is 13.4. The minimum atomic E-state index is -0.737. The van der Waals surface area contributed by atoms with Crippen LogP contribution in [0.1, 0.15) is 36.6 Å². The van der Waals surface area contributed by atoms with Gasteiger partial charge in [0.25, 0.3) is 5.91 Å². The molecule has 2 rings (SSSR count). The van der Waals surface area contributed by atoms with Gasteiger partial charge in [-0.25, -0.2) is 4.98 Å². The fourth-order valence-electron chi connectivity index (χ4n) is 2.64. The number of methoxy groups -OCH3 is 2. The number of pyridine rings is 1. The van der Waals surface area contributed by atoms with Gasteiger partial charge in [0, 0.05) is 24.9 Å². The normalized spacial score (nSPS) is 17.2. The van der Waals surface area contributed by atoms with Crippen molar-refractivity contribution in [1.29, 1.82) is 0 Å². The predicted octanol–water partition coefficient (Wildman–Crippen LogP) is 2.14. The van der Waals surface area contributed by atoms with Crippen LogP contribution in [0.25, 0.3) is 0 Å². The molecule has 0 saturated heterocycles. The van der Waals surface area contributed by atoms with Crippen molar-refractivity contribution in [3.05, 3.63) is 22.9 Å². The topological polar surface area (TPSA) is 60.5 Å². The summed E-state index contributed by atoms with van der Waals surface area (Å²) in [4.78, 5) is 16.8. The van der Waals surface area contributed by atoms with E-state index >= 15 is 0 Å². The Hall–Kier alpha value is -1.62. The summed E-state index contributed by atoms with van der Waals surface area (Å²) in [5, 5.41) is 2.96. The maximum Gasteiger partial charge on any atom is 0.252 e. The molecule has 0 bridgehead atoms. The summed E-state index contributed by atoms with van der Waals surface area (Å²) in [6.07, 6.45) is 2.10. The van der Waals surface area contributed by atoms with E-state index in [2.05, 4.69) is 10.3 Å². The average Bonchev–Trinajstić information content (AvgIpc) is 3.29. The van der Waals surface area contributed by atoms with Crippen LogP contribution in [0.2, 0.25) is 0 Å². The van der Waals surface area contributed by atoms with Gasteiger partial charge >= 0.3 is 0 Å². The van der Waals surface area contributed by atoms with E-state index in [4.69, 9.17) is 9.47 Å². The molecule has 0 spiro atoms. The fourth-order valence-corrected chi connectivity index (χ4v) is 2.64. The second-order valence-electron chi connectivity index (χ2n) is 5.84. The van der Waals surface area contributed by atoms with Crippen molar-refractivity contribution in [3.63, 3.8) is 0 Å². The van der Waals surface area contributed by atoms with Gasteiger partial charge in [0.2, 0.25) is 5.88 Å². The van der Waals surface area contributed by atoms with Crippen molar-refractivity contribution in [2.75, 3.05) is 14.2 Å². The molecule has 116 valence electrons. The second-order valence-corrected chi connectivity index (χ2v) is 5.84. The van der Waals surface area contributed by atoms with Crippen molar-refractivity contribution in [2.24, 2.45) is 5.92 Å². The van der Waals surface area contributed by atoms with Gasteiger partial charge in [0.1, 0.15) is 5.60 Å². The van der Waals surface area contributed by atoms with Gasteiger partial charge in [0.05, 0.1) is 7.11 Å². The number of amides is 1. The number of carbonyl (C=O) groups excluding carboxylic acids is 1. The Balaban J connectivity index is 2.11. The van der Waals surface area contributed by atoms with Gasteiger partial charge in [-0.2, -0.15) is 0 Å². The van der Waals surface area contributed by atoms with E-state index in [1.54, 1.807) is 14.2 Å². The lowest BCUT2D eigenvalue weighted by Gasteiger charge is -2.27. The van der Waals surface area contributed by atoms with Crippen LogP contribution in [0.5, 0.6) is 5.88 Å². The molecule has 1 heterocycles. The summed E-state index contributed by atoms with van der Waals surface area (Å²) in [6, 6.07) is 1.99. The summed E-state index contributed by atoms with van der Waals surface area (Å²) in [5.41, 5.74) is 2.13. The molecule has 1 aliphatic rings. The zero-order valence-electron chi connectivity index (χ0n) is 13.4. The maximum absolute atomic E-state index is 12.4. The molecule has 1 unspecified atom stereocenters. The van der Waals surface area contributed by atoms with Crippen molar-refractivity contribution in [3.8, 4) is 5.88 Å². The minimum Gasteiger partial charge on any atom is -0.481 e. The Labute approximate surface area is 126 Å². The molecule has 1 aromatic rings. The first-order chi connectivity index (χ1) is 9.92. The quantitative estimate of drug-likeness (QED) is 0.872. The molecule has 1 fully saturated rings. The molecule has 1 amide bonds. The molecule has 1 atom stereocenters. The standard InChI is InChI=1S/C16H24N2O3/c1-10-8-11(2)18-14(20-4)13(10)9-17-15(19)16(3,21-5)12-6-7-12/h8,12H,6-7,9H2,1-5H3,(H,17,19). The predicted molar refractivity (Wildman–Crippen MR) is 80.2 cm³/mol. The van der Waals surface area contributed by atoms with E-state index in [9.17, 15) is 4.79 Å². The van der Waals surface area contributed by atoms with E-state index in [0.29, 0.717) is 18.3 Å². The summed E-state index contributed by atoms with van der Waals surface area (Å²) in [5.74, 6) is 0.814. The Bertz CT molecular complexity index is 541. The van der Waals surface area contributed by atoms with Crippen LogP contribution >= 0.6 is 0 Å². The van der Waals surface area contributed by atoms with Crippen molar-refractivity contribution in [1.82, 2.24) is 10.3 Å². The highest BCUT2D eigenvalue weighted by Gasteiger charge is 2.47. The number of hydrogen-bond donors (Lipinski definition) is 1. The Morgan fingerprint density at radius 3 is 2.62 bits per heavy atom. The third-order valence-corrected chi connectivity index (χ3v) is 4.29. The van der Waals surface area contributed by atoms with Crippen molar-refractivity contribution < 1.29 is 14.3 Å². The minimum absolute atomic E-state index is 0.0745. The van der Waals surface area contributed by atoms with Crippen LogP contribution in [0.15, 0.2) is 6.07 Å². The molecule has 1 aliphatic carbocycles. The van der Waals surface area contributed by atoms with Crippen LogP contribution in [0.3, 0.4) is 0 Å². The van der Waals surface area contributed by atoms with E-state index in [1.165, 1.54) is 0 Å². The highest BCUT2D eigenvalue weighted by atomic mass is 16.5. The number of aryl methyl sites for hydroxylation is 2. The lowest BCUT2D eigenvalue weighted by Crippen LogP contribution is -2.47. The molecule has 0 radical (unpaired) electrons. The number of aromatic nitrogens is 1. The first kappa shape index (κ1) is 15.8. The number of nitrogens with zero attached hydrogens (tertiary/aromatic N) is 1. The van der Waals surface area contributed by atoms with Gasteiger partial charge < -0.3 is 14.8 Å². The van der Waals surface area contributed by atoms with Gasteiger partial charge in [-0.1, -0.05) is 0 Å². The Morgan fingerprint density at radius 2 is 2.10 bits per heavy atom. The SMILES string of the molecule is COc1nc(C)cc(C)c1CNC(=O)C(C)(OC)C1CC1. The van der Waals surface area contributed by atoms with Gasteiger partial charge in [0.15, 0.2) is 0 Å². The van der Waals surface area contributed by atoms with Crippen LogP contribution in [-0.2, 0) is 16.1 Å². The molecule has 21 heavy (non-hydrogen) atoms. The Morgan fingerprint density at radius 1 is 1.43 bits per heavy atom. The summed E-state index contributed by atoms with van der Waals surface area (Å²) in [6.45, 7) is 6.17. The molecule has 5 nitrogen and oxygen atoms in total. The summed E-state index contributed by atoms with van der Waals surface area (Å²) in [7, 11) is 3.19. The smallest absolute Gasteiger partial charge is 0.252 e. The first-order valence-electron chi connectivity index (χ1n) is 7.27. The number of nitrogens with one attached hydrogen (secondary N) is 1. The highest BCUT2D eigenvalue weighted by Crippen LogP contribution is 2.41. The molecule has 0 aliphatic heterocycles. The number of carbonyl (C=O) groups is 1. The average molecular weight is 292 g/mol. The third-order valence-electron chi connectivity index (χ3n) is 4.29. The lowest BCUT2D eigenvalue weighted by molar-refractivity contribution is -0.144. The largest absolute Gasteiger partial charge is 0.481 e. The zero-order chi connectivity index (χ0) is 15.6. The molecule has 1 N–H and O–H groups in total. The molecule has 1 saturated carbocycles. The van der Waals surface area contributed by atoms with Crippen LogP contribution < -0.4 is 10.1 Å². The summed E-state index contributed by atoms with van der Waals surface area (Å²) >= 11 is 0. The van der Waals surface area contributed by atoms with Crippen molar-refractivity contribution in [2.45, 2.75) is 45.8 Å². The monoisotopic (exact) mass is 292 g/mol. The molecule has 5 heteroatoms. The van der Waals surface area contributed by atoms with E-state index in [-0.39, 0.29) is 5.91 Å². The van der Waals surface area contributed by atoms with E-state index in [1.807, 2.05) is 26.8 Å². The molecular weight excluding hydrogens is 268 g/mol. The molecule has 1 aromatic heterocycles. The van der Waals surface area contributed by atoms with Crippen LogP contribution in [0.4, 0.5) is 0 Å².